The first-order chi connectivity index (χ1) is 43.5. The number of nitrogens with zero attached hydrogens (tertiary/aromatic N) is 1. The molecule has 522 valence electrons. The van der Waals surface area contributed by atoms with Crippen LogP contribution < -0.4 is 5.32 Å². The minimum absolute atomic E-state index is 0.0755. The van der Waals surface area contributed by atoms with Crippen molar-refractivity contribution in [2.45, 2.75) is 392 Å². The molecule has 0 aliphatic heterocycles. The monoisotopic (exact) mass is 1270 g/mol. The molecule has 0 aromatic rings. The molecular weight excluding hydrogens is 1120 g/mol. The highest BCUT2D eigenvalue weighted by Crippen LogP contribution is 2.43. The molecule has 0 heterocycles. The van der Waals surface area contributed by atoms with Gasteiger partial charge in [0.2, 0.25) is 5.91 Å². The number of rotatable bonds is 72. The van der Waals surface area contributed by atoms with Crippen LogP contribution in [0.2, 0.25) is 0 Å². The van der Waals surface area contributed by atoms with Crippen molar-refractivity contribution in [3.63, 3.8) is 0 Å². The second-order valence-electron chi connectivity index (χ2n) is 27.7. The normalized spacial score (nSPS) is 13.9. The average Bonchev–Trinajstić information content (AvgIpc) is 3.55. The van der Waals surface area contributed by atoms with Crippen LogP contribution >= 0.6 is 7.82 Å². The van der Waals surface area contributed by atoms with E-state index in [1.807, 2.05) is 21.1 Å². The minimum Gasteiger partial charge on any atom is -0.391 e. The molecule has 8 nitrogen and oxygen atoms in total. The molecule has 0 saturated carbocycles. The number of hydrogen-bond donors (Lipinski definition) is 3. The molecule has 0 fully saturated rings. The van der Waals surface area contributed by atoms with E-state index < -0.39 is 20.0 Å². The van der Waals surface area contributed by atoms with E-state index in [1.165, 1.54) is 276 Å². The number of aliphatic hydroxyl groups is 1. The molecule has 0 radical (unpaired) electrons. The number of aliphatic hydroxyl groups excluding tert-OH is 1. The van der Waals surface area contributed by atoms with Crippen LogP contribution in [0.5, 0.6) is 0 Å². The van der Waals surface area contributed by atoms with Crippen LogP contribution in [0.1, 0.15) is 380 Å². The Balaban J connectivity index is 3.94. The molecule has 0 spiro atoms. The van der Waals surface area contributed by atoms with Gasteiger partial charge in [-0.25, -0.2) is 4.57 Å². The molecule has 0 saturated heterocycles. The number of allylic oxidation sites excluding steroid dienone is 12. The first-order valence-electron chi connectivity index (χ1n) is 38.8. The Morgan fingerprint density at radius 1 is 0.393 bits per heavy atom. The fourth-order valence-corrected chi connectivity index (χ4v) is 12.5. The lowest BCUT2D eigenvalue weighted by Crippen LogP contribution is -2.46. The summed E-state index contributed by atoms with van der Waals surface area (Å²) >= 11 is 0. The molecule has 3 N–H and O–H groups in total. The molecule has 0 rings (SSSR count). The SMILES string of the molecule is CC/C=C\C/C=C\C/C=C\C/C=C\C/C=C\C/C=C\CCCCCCCCCCCCCCCCCCCCCCC(=O)NC(COP(=O)(O)OCC[N+](C)(C)C)C(O)CCCCCCCCCCCCCCCCCCCCCCCCCCCCCC. The molecule has 9 heteroatoms. The smallest absolute Gasteiger partial charge is 0.391 e. The summed E-state index contributed by atoms with van der Waals surface area (Å²) in [6, 6.07) is -0.763. The van der Waals surface area contributed by atoms with Crippen LogP contribution in [0.3, 0.4) is 0 Å². The van der Waals surface area contributed by atoms with Gasteiger partial charge in [-0.15, -0.1) is 0 Å². The van der Waals surface area contributed by atoms with Crippen LogP contribution in [0, 0.1) is 0 Å². The third-order valence-corrected chi connectivity index (χ3v) is 18.7. The second-order valence-corrected chi connectivity index (χ2v) is 29.2. The van der Waals surface area contributed by atoms with Crippen LogP contribution in [-0.2, 0) is 18.4 Å². The molecule has 0 aromatic heterocycles. The highest BCUT2D eigenvalue weighted by molar-refractivity contribution is 7.47. The van der Waals surface area contributed by atoms with E-state index in [1.54, 1.807) is 0 Å². The summed E-state index contributed by atoms with van der Waals surface area (Å²) in [6.45, 7) is 4.83. The van der Waals surface area contributed by atoms with E-state index in [4.69, 9.17) is 9.05 Å². The first-order valence-corrected chi connectivity index (χ1v) is 40.3. The van der Waals surface area contributed by atoms with Crippen LogP contribution in [0.25, 0.3) is 0 Å². The second kappa shape index (κ2) is 70.3. The lowest BCUT2D eigenvalue weighted by molar-refractivity contribution is -0.870. The van der Waals surface area contributed by atoms with Gasteiger partial charge in [-0.05, 0) is 64.2 Å². The van der Waals surface area contributed by atoms with Gasteiger partial charge in [0.15, 0.2) is 0 Å². The molecule has 0 aliphatic rings. The summed E-state index contributed by atoms with van der Waals surface area (Å²) in [4.78, 5) is 23.5. The van der Waals surface area contributed by atoms with Gasteiger partial charge in [0, 0.05) is 6.42 Å². The molecule has 0 aliphatic carbocycles. The van der Waals surface area contributed by atoms with E-state index in [0.29, 0.717) is 23.9 Å². The number of phosphoric ester groups is 1. The topological polar surface area (TPSA) is 105 Å². The van der Waals surface area contributed by atoms with Crippen molar-refractivity contribution in [1.29, 1.82) is 0 Å². The first kappa shape index (κ1) is 86.9. The zero-order valence-electron chi connectivity index (χ0n) is 59.9. The summed E-state index contributed by atoms with van der Waals surface area (Å²) in [6.07, 6.45) is 98.9. The van der Waals surface area contributed by atoms with Crippen molar-refractivity contribution in [3.8, 4) is 0 Å². The Morgan fingerprint density at radius 2 is 0.674 bits per heavy atom. The number of amides is 1. The van der Waals surface area contributed by atoms with E-state index in [-0.39, 0.29) is 19.1 Å². The fraction of sp³-hybridized carbons (Fsp3) is 0.838. The van der Waals surface area contributed by atoms with Crippen molar-refractivity contribution < 1.29 is 32.9 Å². The Kier molecular flexibility index (Phi) is 68.6. The van der Waals surface area contributed by atoms with Crippen molar-refractivity contribution >= 4 is 13.7 Å². The maximum atomic E-state index is 13.1. The highest BCUT2D eigenvalue weighted by Gasteiger charge is 2.28. The number of hydrogen-bond acceptors (Lipinski definition) is 5. The van der Waals surface area contributed by atoms with Gasteiger partial charge in [0.25, 0.3) is 0 Å². The molecule has 89 heavy (non-hydrogen) atoms. The predicted molar refractivity (Wildman–Crippen MR) is 392 cm³/mol. The Bertz CT molecular complexity index is 1680. The quantitative estimate of drug-likeness (QED) is 0.0243. The van der Waals surface area contributed by atoms with Gasteiger partial charge in [0.05, 0.1) is 39.9 Å². The molecule has 1 amide bonds. The van der Waals surface area contributed by atoms with Gasteiger partial charge < -0.3 is 19.8 Å². The standard InChI is InChI=1S/C80H151N2O6P/c1-6-8-10-12-14-16-18-20-22-24-26-28-30-32-34-36-37-38-39-40-41-42-43-44-45-46-48-50-52-54-56-58-60-62-64-66-68-70-72-74-80(84)81-78(77-88-89(85,86)87-76-75-82(3,4)5)79(83)73-71-69-67-65-63-61-59-57-55-53-51-49-47-35-33-31-29-27-25-23-21-19-17-15-13-11-9-7-2/h8,10,14,16,20,22,26,28,32,34,37-38,78-79,83H,6-7,9,11-13,15,17-19,21,23-25,27,29-31,33,35-36,39-77H2,1-5H3,(H-,81,84,85,86)/p+1/b10-8-,16-14-,22-20-,28-26-,34-32-,38-37-. The Hall–Kier alpha value is -2.06. The fourth-order valence-electron chi connectivity index (χ4n) is 11.8. The number of nitrogens with one attached hydrogen (secondary N) is 1. The van der Waals surface area contributed by atoms with Crippen molar-refractivity contribution in [2.24, 2.45) is 0 Å². The van der Waals surface area contributed by atoms with Gasteiger partial charge in [-0.1, -0.05) is 382 Å². The van der Waals surface area contributed by atoms with Gasteiger partial charge in [-0.3, -0.25) is 13.8 Å². The molecule has 3 atom stereocenters. The van der Waals surface area contributed by atoms with Crippen LogP contribution in [0.4, 0.5) is 0 Å². The van der Waals surface area contributed by atoms with E-state index in [2.05, 4.69) is 92.1 Å². The van der Waals surface area contributed by atoms with E-state index in [0.717, 1.165) is 77.0 Å². The maximum absolute atomic E-state index is 13.1. The van der Waals surface area contributed by atoms with Gasteiger partial charge in [0.1, 0.15) is 13.2 Å². The maximum Gasteiger partial charge on any atom is 0.472 e. The lowest BCUT2D eigenvalue weighted by Gasteiger charge is -2.26. The zero-order chi connectivity index (χ0) is 64.8. The highest BCUT2D eigenvalue weighted by atomic mass is 31.2. The summed E-state index contributed by atoms with van der Waals surface area (Å²) in [7, 11) is 1.63. The number of quaternary nitrogens is 1. The van der Waals surface area contributed by atoms with Crippen LogP contribution in [0.15, 0.2) is 72.9 Å². The molecule has 0 bridgehead atoms. The third kappa shape index (κ3) is 73.2. The predicted octanol–water partition coefficient (Wildman–Crippen LogP) is 25.3. The lowest BCUT2D eigenvalue weighted by atomic mass is 10.0. The third-order valence-electron chi connectivity index (χ3n) is 17.7. The van der Waals surface area contributed by atoms with Gasteiger partial charge >= 0.3 is 7.82 Å². The number of likely N-dealkylation sites (N-methyl/N-ethyl adjacent to an activating group) is 1. The number of phosphoric acid groups is 1. The van der Waals surface area contributed by atoms with Crippen molar-refractivity contribution in [2.75, 3.05) is 40.9 Å². The average molecular weight is 1270 g/mol. The Morgan fingerprint density at radius 3 is 0.989 bits per heavy atom. The van der Waals surface area contributed by atoms with E-state index >= 15 is 0 Å². The largest absolute Gasteiger partial charge is 0.472 e. The summed E-state index contributed by atoms with van der Waals surface area (Å²) in [5.41, 5.74) is 0. The van der Waals surface area contributed by atoms with Crippen molar-refractivity contribution in [1.82, 2.24) is 5.32 Å². The summed E-state index contributed by atoms with van der Waals surface area (Å²) < 4.78 is 24.0. The molecular formula is C80H152N2O6P+. The van der Waals surface area contributed by atoms with Crippen molar-refractivity contribution in [3.05, 3.63) is 72.9 Å². The number of unbranched alkanes of at least 4 members (excludes halogenated alkanes) is 47. The molecule has 3 unspecified atom stereocenters. The minimum atomic E-state index is -4.33. The van der Waals surface area contributed by atoms with E-state index in [9.17, 15) is 19.4 Å². The summed E-state index contributed by atoms with van der Waals surface area (Å²) in [5.74, 6) is -0.138. The molecule has 0 aromatic carbocycles. The number of carbonyl (C=O) groups is 1. The van der Waals surface area contributed by atoms with Gasteiger partial charge in [-0.2, -0.15) is 0 Å². The van der Waals surface area contributed by atoms with Crippen LogP contribution in [-0.4, -0.2) is 73.4 Å². The summed E-state index contributed by atoms with van der Waals surface area (Å²) in [5, 5.41) is 14.2. The number of carbonyl (C=O) groups excluding carboxylic acids is 1. The zero-order valence-corrected chi connectivity index (χ0v) is 60.8. The Labute approximate surface area is 554 Å².